The van der Waals surface area contributed by atoms with Crippen molar-refractivity contribution in [3.63, 3.8) is 0 Å². The third-order valence-electron chi connectivity index (χ3n) is 5.65. The summed E-state index contributed by atoms with van der Waals surface area (Å²) in [7, 11) is 6.03. The average molecular weight is 535 g/mol. The van der Waals surface area contributed by atoms with Gasteiger partial charge in [0.15, 0.2) is 23.0 Å². The lowest BCUT2D eigenvalue weighted by atomic mass is 10.3. The van der Waals surface area contributed by atoms with E-state index in [0.29, 0.717) is 34.5 Å². The van der Waals surface area contributed by atoms with Crippen LogP contribution in [0, 0.1) is 0 Å². The van der Waals surface area contributed by atoms with Crippen molar-refractivity contribution in [1.82, 2.24) is 9.80 Å². The highest BCUT2D eigenvalue weighted by Gasteiger charge is 2.28. The number of hydrogen-bond acceptors (Lipinski definition) is 10. The summed E-state index contributed by atoms with van der Waals surface area (Å²) in [5, 5.41) is 0. The number of nitrogens with zero attached hydrogens (tertiary/aromatic N) is 2. The van der Waals surface area contributed by atoms with E-state index < -0.39 is 24.8 Å². The Morgan fingerprint density at radius 3 is 1.26 bits per heavy atom. The number of amides is 2. The molecule has 0 bridgehead atoms. The van der Waals surface area contributed by atoms with Gasteiger partial charge in [-0.05, 0) is 24.3 Å². The van der Waals surface area contributed by atoms with E-state index in [9.17, 15) is 9.59 Å². The molecule has 1 aliphatic rings. The summed E-state index contributed by atoms with van der Waals surface area (Å²) >= 11 is 0. The summed E-state index contributed by atoms with van der Waals surface area (Å²) in [6.45, 7) is 4.26. The minimum Gasteiger partial charge on any atom is -0.493 e. The number of methoxy groups -OCH3 is 4. The van der Waals surface area contributed by atoms with Gasteiger partial charge < -0.3 is 47.7 Å². The number of ether oxygens (including phenoxy) is 8. The molecule has 38 heavy (non-hydrogen) atoms. The van der Waals surface area contributed by atoms with Gasteiger partial charge in [-0.15, -0.1) is 0 Å². The van der Waals surface area contributed by atoms with Crippen molar-refractivity contribution in [1.29, 1.82) is 0 Å². The second-order valence-electron chi connectivity index (χ2n) is 8.10. The number of hydrogen-bond donors (Lipinski definition) is 0. The first-order valence-corrected chi connectivity index (χ1v) is 12.0. The number of benzene rings is 2. The van der Waals surface area contributed by atoms with Crippen molar-refractivity contribution in [2.75, 3.05) is 54.6 Å². The fourth-order valence-electron chi connectivity index (χ4n) is 3.81. The van der Waals surface area contributed by atoms with Gasteiger partial charge in [-0.3, -0.25) is 0 Å². The first-order valence-electron chi connectivity index (χ1n) is 12.0. The molecule has 1 fully saturated rings. The molecule has 1 saturated heterocycles. The molecule has 0 aromatic heterocycles. The second kappa shape index (κ2) is 13.4. The molecule has 0 spiro atoms. The van der Waals surface area contributed by atoms with Gasteiger partial charge in [-0.25, -0.2) is 9.59 Å². The number of piperazine rings is 1. The molecule has 12 nitrogen and oxygen atoms in total. The smallest absolute Gasteiger partial charge is 0.412 e. The van der Waals surface area contributed by atoms with Crippen molar-refractivity contribution in [3.8, 4) is 34.5 Å². The van der Waals surface area contributed by atoms with Gasteiger partial charge in [-0.2, -0.15) is 0 Å². The fraction of sp³-hybridized carbons (Fsp3) is 0.462. The molecule has 0 aliphatic carbocycles. The summed E-state index contributed by atoms with van der Waals surface area (Å²) in [5.41, 5.74) is 0. The van der Waals surface area contributed by atoms with Crippen LogP contribution in [0.1, 0.15) is 13.8 Å². The van der Waals surface area contributed by atoms with Gasteiger partial charge in [0.1, 0.15) is 0 Å². The monoisotopic (exact) mass is 534 g/mol. The Balaban J connectivity index is 1.47. The van der Waals surface area contributed by atoms with Crippen molar-refractivity contribution < 1.29 is 47.5 Å². The van der Waals surface area contributed by atoms with E-state index in [1.807, 2.05) is 0 Å². The van der Waals surface area contributed by atoms with Crippen LogP contribution in [0.25, 0.3) is 0 Å². The Kier molecular flexibility index (Phi) is 9.97. The number of para-hydroxylation sites is 2. The second-order valence-corrected chi connectivity index (χ2v) is 8.10. The van der Waals surface area contributed by atoms with Gasteiger partial charge in [0.2, 0.25) is 24.1 Å². The fourth-order valence-corrected chi connectivity index (χ4v) is 3.81. The van der Waals surface area contributed by atoms with E-state index in [2.05, 4.69) is 0 Å². The number of rotatable bonds is 10. The van der Waals surface area contributed by atoms with Crippen LogP contribution in [0.4, 0.5) is 9.59 Å². The maximum Gasteiger partial charge on any atom is 0.412 e. The quantitative estimate of drug-likeness (QED) is 0.417. The van der Waals surface area contributed by atoms with Crippen LogP contribution in [0.3, 0.4) is 0 Å². The zero-order chi connectivity index (χ0) is 27.7. The SMILES string of the molecule is COc1cccc(O[C@@H](C)OC(=O)N2CCN(C(=O)O[C@H](C)Oc3cccc(OC)c3OC)CC2)c1OC. The molecule has 2 amide bonds. The molecule has 2 atom stereocenters. The van der Waals surface area contributed by atoms with Gasteiger partial charge in [0, 0.05) is 40.0 Å². The van der Waals surface area contributed by atoms with Crippen LogP contribution in [0.15, 0.2) is 36.4 Å². The Labute approximate surface area is 221 Å². The zero-order valence-electron chi connectivity index (χ0n) is 22.4. The van der Waals surface area contributed by atoms with E-state index in [1.165, 1.54) is 38.2 Å². The highest BCUT2D eigenvalue weighted by molar-refractivity contribution is 5.70. The zero-order valence-corrected chi connectivity index (χ0v) is 22.4. The molecule has 1 heterocycles. The Morgan fingerprint density at radius 1 is 0.605 bits per heavy atom. The number of carbonyl (C=O) groups is 2. The van der Waals surface area contributed by atoms with Gasteiger partial charge in [0.25, 0.3) is 0 Å². The molecule has 12 heteroatoms. The molecular weight excluding hydrogens is 500 g/mol. The van der Waals surface area contributed by atoms with Crippen molar-refractivity contribution in [3.05, 3.63) is 36.4 Å². The molecule has 1 aliphatic heterocycles. The molecule has 0 N–H and O–H groups in total. The van der Waals surface area contributed by atoms with E-state index in [1.54, 1.807) is 50.2 Å². The highest BCUT2D eigenvalue weighted by atomic mass is 16.7. The van der Waals surface area contributed by atoms with Gasteiger partial charge in [-0.1, -0.05) is 12.1 Å². The van der Waals surface area contributed by atoms with E-state index in [0.717, 1.165) is 0 Å². The third kappa shape index (κ3) is 6.96. The molecule has 2 aromatic carbocycles. The largest absolute Gasteiger partial charge is 0.493 e. The predicted molar refractivity (Wildman–Crippen MR) is 135 cm³/mol. The Morgan fingerprint density at radius 2 is 0.947 bits per heavy atom. The third-order valence-corrected chi connectivity index (χ3v) is 5.65. The summed E-state index contributed by atoms with van der Waals surface area (Å²) in [6, 6.07) is 10.3. The Bertz CT molecular complexity index is 1000. The first kappa shape index (κ1) is 28.4. The molecule has 208 valence electrons. The van der Waals surface area contributed by atoms with Crippen LogP contribution >= 0.6 is 0 Å². The lowest BCUT2D eigenvalue weighted by Gasteiger charge is -2.34. The lowest BCUT2D eigenvalue weighted by Crippen LogP contribution is -2.51. The van der Waals surface area contributed by atoms with Crippen molar-refractivity contribution >= 4 is 12.2 Å². The molecule has 2 aromatic rings. The molecule has 3 rings (SSSR count). The summed E-state index contributed by atoms with van der Waals surface area (Å²) in [6.07, 6.45) is -2.90. The minimum atomic E-state index is -0.891. The topological polar surface area (TPSA) is 114 Å². The minimum absolute atomic E-state index is 0.266. The van der Waals surface area contributed by atoms with Gasteiger partial charge >= 0.3 is 12.2 Å². The summed E-state index contributed by atoms with van der Waals surface area (Å²) in [5.74, 6) is 2.54. The summed E-state index contributed by atoms with van der Waals surface area (Å²) < 4.78 is 43.5. The van der Waals surface area contributed by atoms with E-state index in [4.69, 9.17) is 37.9 Å². The van der Waals surface area contributed by atoms with Crippen LogP contribution in [-0.2, 0) is 9.47 Å². The summed E-state index contributed by atoms with van der Waals surface area (Å²) in [4.78, 5) is 28.3. The number of carbonyl (C=O) groups excluding carboxylic acids is 2. The maximum absolute atomic E-state index is 12.6. The van der Waals surface area contributed by atoms with Crippen molar-refractivity contribution in [2.24, 2.45) is 0 Å². The first-order chi connectivity index (χ1) is 18.3. The predicted octanol–water partition coefficient (Wildman–Crippen LogP) is 3.76. The highest BCUT2D eigenvalue weighted by Crippen LogP contribution is 2.38. The van der Waals surface area contributed by atoms with E-state index in [-0.39, 0.29) is 26.2 Å². The normalized spacial score (nSPS) is 14.6. The van der Waals surface area contributed by atoms with Gasteiger partial charge in [0.05, 0.1) is 28.4 Å². The van der Waals surface area contributed by atoms with E-state index >= 15 is 0 Å². The molecular formula is C26H34N2O10. The van der Waals surface area contributed by atoms with Crippen LogP contribution in [0.5, 0.6) is 34.5 Å². The standard InChI is InChI=1S/C26H34N2O10/c1-17(35-21-11-7-9-19(31-3)23(21)33-5)37-25(29)27-13-15-28(16-14-27)26(30)38-18(2)36-22-12-8-10-20(32-4)24(22)34-6/h7-12,17-18H,13-16H2,1-6H3/t17-,18-/m1/s1. The lowest BCUT2D eigenvalue weighted by molar-refractivity contribution is -0.0489. The van der Waals surface area contributed by atoms with Crippen molar-refractivity contribution in [2.45, 2.75) is 26.4 Å². The van der Waals surface area contributed by atoms with Crippen LogP contribution < -0.4 is 28.4 Å². The molecule has 0 saturated carbocycles. The molecule has 0 radical (unpaired) electrons. The van der Waals surface area contributed by atoms with Crippen LogP contribution in [-0.4, -0.2) is 89.2 Å². The average Bonchev–Trinajstić information content (AvgIpc) is 2.92. The molecule has 0 unspecified atom stereocenters. The van der Waals surface area contributed by atoms with Crippen LogP contribution in [0.2, 0.25) is 0 Å². The maximum atomic E-state index is 12.6. The Hall–Kier alpha value is -4.22.